The third kappa shape index (κ3) is 8.44. The molecular weight excluding hydrogens is 512 g/mol. The molecule has 208 valence electrons. The largest absolute Gasteiger partial charge is 0.495 e. The molecule has 1 N–H and O–H groups in total. The zero-order chi connectivity index (χ0) is 28.5. The Kier molecular flexibility index (Phi) is 11.1. The lowest BCUT2D eigenvalue weighted by atomic mass is 10.1. The number of nitro benzene ring substituents is 1. The SMILES string of the molecule is CCC(C(=O)NCC(C)C)N(CCc1ccccc1)C(=O)CN(c1cc([N+](=O)[O-])ccc1OC)S(C)(=O)=O. The number of methoxy groups -OCH3 is 1. The smallest absolute Gasteiger partial charge is 0.271 e. The van der Waals surface area contributed by atoms with Gasteiger partial charge in [-0.25, -0.2) is 8.42 Å². The number of non-ortho nitro benzene ring substituents is 1. The van der Waals surface area contributed by atoms with Crippen molar-refractivity contribution in [1.29, 1.82) is 0 Å². The number of benzene rings is 2. The van der Waals surface area contributed by atoms with E-state index in [1.807, 2.05) is 44.2 Å². The van der Waals surface area contributed by atoms with Crippen LogP contribution in [0, 0.1) is 16.0 Å². The van der Waals surface area contributed by atoms with Gasteiger partial charge in [0.25, 0.3) is 5.69 Å². The predicted octanol–water partition coefficient (Wildman–Crippen LogP) is 2.99. The molecule has 1 atom stereocenters. The quantitative estimate of drug-likeness (QED) is 0.283. The van der Waals surface area contributed by atoms with E-state index in [0.717, 1.165) is 22.2 Å². The van der Waals surface area contributed by atoms with Gasteiger partial charge in [-0.2, -0.15) is 0 Å². The van der Waals surface area contributed by atoms with Crippen LogP contribution in [0.5, 0.6) is 5.75 Å². The van der Waals surface area contributed by atoms with Crippen molar-refractivity contribution in [2.45, 2.75) is 39.7 Å². The molecule has 2 amide bonds. The minimum absolute atomic E-state index is 0.0476. The van der Waals surface area contributed by atoms with Crippen molar-refractivity contribution in [2.75, 3.05) is 37.3 Å². The lowest BCUT2D eigenvalue weighted by Gasteiger charge is -2.33. The maximum Gasteiger partial charge on any atom is 0.271 e. The molecule has 11 nitrogen and oxygen atoms in total. The molecular formula is C26H36N4O7S. The highest BCUT2D eigenvalue weighted by molar-refractivity contribution is 7.92. The zero-order valence-electron chi connectivity index (χ0n) is 22.4. The van der Waals surface area contributed by atoms with E-state index in [2.05, 4.69) is 5.32 Å². The number of nitro groups is 1. The summed E-state index contributed by atoms with van der Waals surface area (Å²) in [5.41, 5.74) is 0.447. The number of nitrogens with one attached hydrogen (secondary N) is 1. The predicted molar refractivity (Wildman–Crippen MR) is 146 cm³/mol. The Balaban J connectivity index is 2.47. The van der Waals surface area contributed by atoms with Crippen LogP contribution in [0.4, 0.5) is 11.4 Å². The molecule has 2 aromatic carbocycles. The zero-order valence-corrected chi connectivity index (χ0v) is 23.2. The van der Waals surface area contributed by atoms with Gasteiger partial charge in [0.1, 0.15) is 24.0 Å². The lowest BCUT2D eigenvalue weighted by molar-refractivity contribution is -0.384. The molecule has 0 saturated carbocycles. The minimum Gasteiger partial charge on any atom is -0.495 e. The summed E-state index contributed by atoms with van der Waals surface area (Å²) < 4.78 is 31.7. The highest BCUT2D eigenvalue weighted by Crippen LogP contribution is 2.33. The molecule has 12 heteroatoms. The van der Waals surface area contributed by atoms with Gasteiger partial charge in [-0.1, -0.05) is 51.1 Å². The normalized spacial score (nSPS) is 12.1. The van der Waals surface area contributed by atoms with E-state index in [4.69, 9.17) is 4.74 Å². The Morgan fingerprint density at radius 3 is 2.32 bits per heavy atom. The fourth-order valence-electron chi connectivity index (χ4n) is 3.90. The van der Waals surface area contributed by atoms with Crippen LogP contribution in [0.2, 0.25) is 0 Å². The molecule has 38 heavy (non-hydrogen) atoms. The van der Waals surface area contributed by atoms with Crippen molar-refractivity contribution in [3.8, 4) is 5.75 Å². The summed E-state index contributed by atoms with van der Waals surface area (Å²) in [4.78, 5) is 38.9. The van der Waals surface area contributed by atoms with Gasteiger partial charge in [0.2, 0.25) is 21.8 Å². The van der Waals surface area contributed by atoms with Crippen molar-refractivity contribution in [1.82, 2.24) is 10.2 Å². The molecule has 0 radical (unpaired) electrons. The van der Waals surface area contributed by atoms with Crippen LogP contribution in [-0.4, -0.2) is 69.1 Å². The third-order valence-electron chi connectivity index (χ3n) is 5.88. The number of hydrogen-bond acceptors (Lipinski definition) is 7. The molecule has 0 aliphatic carbocycles. The summed E-state index contributed by atoms with van der Waals surface area (Å²) in [5, 5.41) is 14.2. The molecule has 2 aromatic rings. The fourth-order valence-corrected chi connectivity index (χ4v) is 4.74. The number of carbonyl (C=O) groups is 2. The van der Waals surface area contributed by atoms with Gasteiger partial charge in [0.05, 0.1) is 18.3 Å². The highest BCUT2D eigenvalue weighted by atomic mass is 32.2. The number of ether oxygens (including phenoxy) is 1. The maximum absolute atomic E-state index is 13.7. The third-order valence-corrected chi connectivity index (χ3v) is 7.00. The first-order chi connectivity index (χ1) is 17.9. The topological polar surface area (TPSA) is 139 Å². The van der Waals surface area contributed by atoms with E-state index in [0.29, 0.717) is 19.4 Å². The second-order valence-electron chi connectivity index (χ2n) is 9.27. The summed E-state index contributed by atoms with van der Waals surface area (Å²) in [6.07, 6.45) is 1.66. The first kappa shape index (κ1) is 30.6. The second-order valence-corrected chi connectivity index (χ2v) is 11.2. The summed E-state index contributed by atoms with van der Waals surface area (Å²) in [6.45, 7) is 5.61. The number of hydrogen-bond donors (Lipinski definition) is 1. The first-order valence-corrected chi connectivity index (χ1v) is 14.1. The van der Waals surface area contributed by atoms with E-state index < -0.39 is 33.4 Å². The summed E-state index contributed by atoms with van der Waals surface area (Å²) >= 11 is 0. The Morgan fingerprint density at radius 2 is 1.79 bits per heavy atom. The molecule has 1 unspecified atom stereocenters. The standard InChI is InChI=1S/C26H36N4O7S/c1-6-22(26(32)27-17-19(2)3)28(15-14-20-10-8-7-9-11-20)25(31)18-29(38(5,35)36)23-16-21(30(33)34)12-13-24(23)37-4/h7-13,16,19,22H,6,14-15,17-18H2,1-5H3,(H,27,32). The Bertz CT molecular complexity index is 1220. The van der Waals surface area contributed by atoms with Gasteiger partial charge >= 0.3 is 0 Å². The lowest BCUT2D eigenvalue weighted by Crippen LogP contribution is -2.53. The highest BCUT2D eigenvalue weighted by Gasteiger charge is 2.33. The number of nitrogens with zero attached hydrogens (tertiary/aromatic N) is 3. The van der Waals surface area contributed by atoms with Gasteiger partial charge < -0.3 is 15.0 Å². The van der Waals surface area contributed by atoms with Gasteiger partial charge in [-0.05, 0) is 30.4 Å². The van der Waals surface area contributed by atoms with E-state index >= 15 is 0 Å². The van der Waals surface area contributed by atoms with Crippen LogP contribution >= 0.6 is 0 Å². The average Bonchev–Trinajstić information content (AvgIpc) is 2.87. The summed E-state index contributed by atoms with van der Waals surface area (Å²) in [6, 6.07) is 12.1. The molecule has 0 spiro atoms. The van der Waals surface area contributed by atoms with Crippen molar-refractivity contribution >= 4 is 33.2 Å². The Labute approximate surface area is 224 Å². The molecule has 0 fully saturated rings. The number of rotatable bonds is 14. The van der Waals surface area contributed by atoms with Crippen LogP contribution in [0.3, 0.4) is 0 Å². The van der Waals surface area contributed by atoms with Gasteiger partial charge in [0.15, 0.2) is 0 Å². The molecule has 0 bridgehead atoms. The van der Waals surface area contributed by atoms with Crippen molar-refractivity contribution in [3.05, 3.63) is 64.2 Å². The summed E-state index contributed by atoms with van der Waals surface area (Å²) in [5.74, 6) is -0.703. The van der Waals surface area contributed by atoms with E-state index in [1.54, 1.807) is 6.92 Å². The van der Waals surface area contributed by atoms with Crippen molar-refractivity contribution in [2.24, 2.45) is 5.92 Å². The monoisotopic (exact) mass is 548 g/mol. The van der Waals surface area contributed by atoms with E-state index in [1.165, 1.54) is 24.1 Å². The van der Waals surface area contributed by atoms with Crippen molar-refractivity contribution < 1.29 is 27.7 Å². The summed E-state index contributed by atoms with van der Waals surface area (Å²) in [7, 11) is -2.78. The Morgan fingerprint density at radius 1 is 1.13 bits per heavy atom. The van der Waals surface area contributed by atoms with Crippen LogP contribution < -0.4 is 14.4 Å². The fraction of sp³-hybridized carbons (Fsp3) is 0.462. The first-order valence-electron chi connectivity index (χ1n) is 12.3. The van der Waals surface area contributed by atoms with E-state index in [9.17, 15) is 28.1 Å². The second kappa shape index (κ2) is 13.8. The van der Waals surface area contributed by atoms with Gasteiger partial charge in [-0.3, -0.25) is 24.0 Å². The van der Waals surface area contributed by atoms with Crippen LogP contribution in [0.15, 0.2) is 48.5 Å². The van der Waals surface area contributed by atoms with Crippen LogP contribution in [0.25, 0.3) is 0 Å². The Hall–Kier alpha value is -3.67. The molecule has 2 rings (SSSR count). The van der Waals surface area contributed by atoms with Gasteiger partial charge in [-0.15, -0.1) is 0 Å². The number of carbonyl (C=O) groups excluding carboxylic acids is 2. The maximum atomic E-state index is 13.7. The number of amides is 2. The van der Waals surface area contributed by atoms with Gasteiger partial charge in [0, 0.05) is 25.2 Å². The number of anilines is 1. The van der Waals surface area contributed by atoms with E-state index in [-0.39, 0.29) is 35.5 Å². The molecule has 0 saturated heterocycles. The minimum atomic E-state index is -4.08. The molecule has 0 aliphatic rings. The molecule has 0 aliphatic heterocycles. The van der Waals surface area contributed by atoms with Crippen LogP contribution in [-0.2, 0) is 26.0 Å². The average molecular weight is 549 g/mol. The van der Waals surface area contributed by atoms with Crippen molar-refractivity contribution in [3.63, 3.8) is 0 Å². The van der Waals surface area contributed by atoms with Crippen LogP contribution in [0.1, 0.15) is 32.8 Å². The molecule has 0 aromatic heterocycles. The molecule has 0 heterocycles. The number of sulfonamides is 1.